The topological polar surface area (TPSA) is 51.0 Å². The SMILES string of the molecule is CC(C)CNCc1nc(CSC2CCCC2)no1. The molecular formula is C13H23N3OS. The molecule has 0 amide bonds. The molecule has 0 bridgehead atoms. The van der Waals surface area contributed by atoms with Crippen LogP contribution in [0.3, 0.4) is 0 Å². The van der Waals surface area contributed by atoms with Crippen LogP contribution >= 0.6 is 11.8 Å². The van der Waals surface area contributed by atoms with Gasteiger partial charge in [0.1, 0.15) is 0 Å². The first-order valence-corrected chi connectivity index (χ1v) is 7.92. The molecule has 1 aromatic rings. The predicted octanol–water partition coefficient (Wildman–Crippen LogP) is 2.99. The van der Waals surface area contributed by atoms with Crippen molar-refractivity contribution in [2.24, 2.45) is 5.92 Å². The van der Waals surface area contributed by atoms with E-state index < -0.39 is 0 Å². The van der Waals surface area contributed by atoms with E-state index in [1.165, 1.54) is 25.7 Å². The third kappa shape index (κ3) is 4.61. The maximum atomic E-state index is 5.22. The zero-order valence-corrected chi connectivity index (χ0v) is 12.1. The summed E-state index contributed by atoms with van der Waals surface area (Å²) in [5, 5.41) is 8.15. The summed E-state index contributed by atoms with van der Waals surface area (Å²) in [6.45, 7) is 6.03. The van der Waals surface area contributed by atoms with Crippen molar-refractivity contribution in [3.8, 4) is 0 Å². The Bertz CT molecular complexity index is 348. The van der Waals surface area contributed by atoms with E-state index in [-0.39, 0.29) is 0 Å². The van der Waals surface area contributed by atoms with Gasteiger partial charge in [0.15, 0.2) is 5.82 Å². The summed E-state index contributed by atoms with van der Waals surface area (Å²) >= 11 is 1.97. The molecule has 0 aromatic carbocycles. The van der Waals surface area contributed by atoms with Crippen molar-refractivity contribution in [2.75, 3.05) is 6.54 Å². The molecule has 1 fully saturated rings. The average Bonchev–Trinajstić information content (AvgIpc) is 2.96. The van der Waals surface area contributed by atoms with Crippen molar-refractivity contribution in [2.45, 2.75) is 57.1 Å². The van der Waals surface area contributed by atoms with Gasteiger partial charge in [0.05, 0.1) is 12.3 Å². The zero-order chi connectivity index (χ0) is 12.8. The van der Waals surface area contributed by atoms with Crippen molar-refractivity contribution < 1.29 is 4.52 Å². The Labute approximate surface area is 113 Å². The van der Waals surface area contributed by atoms with E-state index in [9.17, 15) is 0 Å². The summed E-state index contributed by atoms with van der Waals surface area (Å²) in [7, 11) is 0. The molecule has 1 aliphatic rings. The van der Waals surface area contributed by atoms with Gasteiger partial charge in [0.25, 0.3) is 0 Å². The Morgan fingerprint density at radius 2 is 2.17 bits per heavy atom. The summed E-state index contributed by atoms with van der Waals surface area (Å²) < 4.78 is 5.22. The predicted molar refractivity (Wildman–Crippen MR) is 74.4 cm³/mol. The molecule has 1 heterocycles. The van der Waals surface area contributed by atoms with E-state index in [2.05, 4.69) is 29.3 Å². The lowest BCUT2D eigenvalue weighted by atomic mass is 10.2. The van der Waals surface area contributed by atoms with Crippen LogP contribution in [-0.4, -0.2) is 21.9 Å². The van der Waals surface area contributed by atoms with Gasteiger partial charge in [-0.15, -0.1) is 0 Å². The van der Waals surface area contributed by atoms with E-state index in [1.807, 2.05) is 11.8 Å². The smallest absolute Gasteiger partial charge is 0.240 e. The minimum Gasteiger partial charge on any atom is -0.338 e. The van der Waals surface area contributed by atoms with Crippen LogP contribution in [0.25, 0.3) is 0 Å². The third-order valence-corrected chi connectivity index (χ3v) is 4.46. The number of hydrogen-bond donors (Lipinski definition) is 1. The van der Waals surface area contributed by atoms with Gasteiger partial charge in [-0.1, -0.05) is 31.8 Å². The second kappa shape index (κ2) is 7.14. The molecular weight excluding hydrogens is 246 g/mol. The van der Waals surface area contributed by atoms with E-state index in [4.69, 9.17) is 4.52 Å². The number of aromatic nitrogens is 2. The van der Waals surface area contributed by atoms with Gasteiger partial charge in [-0.3, -0.25) is 0 Å². The van der Waals surface area contributed by atoms with Crippen LogP contribution in [0.1, 0.15) is 51.2 Å². The largest absolute Gasteiger partial charge is 0.338 e. The fourth-order valence-electron chi connectivity index (χ4n) is 2.14. The van der Waals surface area contributed by atoms with Crippen molar-refractivity contribution in [1.82, 2.24) is 15.5 Å². The summed E-state index contributed by atoms with van der Waals surface area (Å²) in [4.78, 5) is 4.41. The number of nitrogens with zero attached hydrogens (tertiary/aromatic N) is 2. The molecule has 1 aromatic heterocycles. The van der Waals surface area contributed by atoms with E-state index >= 15 is 0 Å². The van der Waals surface area contributed by atoms with Gasteiger partial charge in [-0.25, -0.2) is 0 Å². The zero-order valence-electron chi connectivity index (χ0n) is 11.3. The molecule has 4 nitrogen and oxygen atoms in total. The Balaban J connectivity index is 1.68. The Morgan fingerprint density at radius 3 is 2.89 bits per heavy atom. The number of thioether (sulfide) groups is 1. The second-order valence-electron chi connectivity index (χ2n) is 5.35. The summed E-state index contributed by atoms with van der Waals surface area (Å²) in [5.41, 5.74) is 0. The molecule has 0 atom stereocenters. The molecule has 0 aliphatic heterocycles. The normalized spacial score (nSPS) is 16.8. The highest BCUT2D eigenvalue weighted by Gasteiger charge is 2.16. The quantitative estimate of drug-likeness (QED) is 0.824. The highest BCUT2D eigenvalue weighted by Crippen LogP contribution is 2.30. The van der Waals surface area contributed by atoms with Crippen molar-refractivity contribution in [3.05, 3.63) is 11.7 Å². The Hall–Kier alpha value is -0.550. The average molecular weight is 269 g/mol. The molecule has 0 unspecified atom stereocenters. The van der Waals surface area contributed by atoms with Crippen molar-refractivity contribution in [3.63, 3.8) is 0 Å². The van der Waals surface area contributed by atoms with Gasteiger partial charge in [-0.2, -0.15) is 16.7 Å². The molecule has 0 spiro atoms. The van der Waals surface area contributed by atoms with Crippen LogP contribution in [0.2, 0.25) is 0 Å². The van der Waals surface area contributed by atoms with Gasteiger partial charge in [0, 0.05) is 5.25 Å². The number of hydrogen-bond acceptors (Lipinski definition) is 5. The minimum atomic E-state index is 0.644. The summed E-state index contributed by atoms with van der Waals surface area (Å²) in [5.74, 6) is 3.08. The minimum absolute atomic E-state index is 0.644. The maximum Gasteiger partial charge on any atom is 0.240 e. The molecule has 1 N–H and O–H groups in total. The van der Waals surface area contributed by atoms with Gasteiger partial charge in [0.2, 0.25) is 5.89 Å². The summed E-state index contributed by atoms with van der Waals surface area (Å²) in [6.07, 6.45) is 5.47. The number of nitrogens with one attached hydrogen (secondary N) is 1. The monoisotopic (exact) mass is 269 g/mol. The molecule has 1 aliphatic carbocycles. The fraction of sp³-hybridized carbons (Fsp3) is 0.846. The first-order chi connectivity index (χ1) is 8.74. The highest BCUT2D eigenvalue weighted by molar-refractivity contribution is 7.99. The van der Waals surface area contributed by atoms with Gasteiger partial charge < -0.3 is 9.84 Å². The van der Waals surface area contributed by atoms with E-state index in [1.54, 1.807) is 0 Å². The van der Waals surface area contributed by atoms with Crippen LogP contribution in [0.4, 0.5) is 0 Å². The molecule has 2 rings (SSSR count). The number of rotatable bonds is 7. The summed E-state index contributed by atoms with van der Waals surface area (Å²) in [6, 6.07) is 0. The van der Waals surface area contributed by atoms with Crippen LogP contribution < -0.4 is 5.32 Å². The lowest BCUT2D eigenvalue weighted by Crippen LogP contribution is -2.19. The van der Waals surface area contributed by atoms with Gasteiger partial charge in [-0.05, 0) is 25.3 Å². The first kappa shape index (κ1) is 13.9. The lowest BCUT2D eigenvalue weighted by molar-refractivity contribution is 0.360. The van der Waals surface area contributed by atoms with E-state index in [0.29, 0.717) is 18.4 Å². The van der Waals surface area contributed by atoms with Crippen LogP contribution in [0.5, 0.6) is 0 Å². The lowest BCUT2D eigenvalue weighted by Gasteiger charge is -2.05. The van der Waals surface area contributed by atoms with Gasteiger partial charge >= 0.3 is 0 Å². The van der Waals surface area contributed by atoms with Crippen LogP contribution in [-0.2, 0) is 12.3 Å². The molecule has 5 heteroatoms. The standard InChI is InChI=1S/C13H23N3OS/c1-10(2)7-14-8-13-15-12(16-17-13)9-18-11-5-3-4-6-11/h10-11,14H,3-9H2,1-2H3. The Kier molecular flexibility index (Phi) is 5.50. The fourth-order valence-corrected chi connectivity index (χ4v) is 3.30. The maximum absolute atomic E-state index is 5.22. The molecule has 18 heavy (non-hydrogen) atoms. The molecule has 0 saturated heterocycles. The van der Waals surface area contributed by atoms with E-state index in [0.717, 1.165) is 23.4 Å². The molecule has 0 radical (unpaired) electrons. The Morgan fingerprint density at radius 1 is 1.39 bits per heavy atom. The van der Waals surface area contributed by atoms with Crippen molar-refractivity contribution in [1.29, 1.82) is 0 Å². The van der Waals surface area contributed by atoms with Crippen LogP contribution in [0.15, 0.2) is 4.52 Å². The molecule has 102 valence electrons. The van der Waals surface area contributed by atoms with Crippen LogP contribution in [0, 0.1) is 5.92 Å². The van der Waals surface area contributed by atoms with Crippen molar-refractivity contribution >= 4 is 11.8 Å². The third-order valence-electron chi connectivity index (χ3n) is 3.09. The highest BCUT2D eigenvalue weighted by atomic mass is 32.2. The first-order valence-electron chi connectivity index (χ1n) is 6.88. The second-order valence-corrected chi connectivity index (χ2v) is 6.64. The molecule has 1 saturated carbocycles.